The Balaban J connectivity index is 0. The maximum atomic E-state index is 2.38. The van der Waals surface area contributed by atoms with E-state index in [9.17, 15) is 0 Å². The highest BCUT2D eigenvalue weighted by Gasteiger charge is 2.33. The van der Waals surface area contributed by atoms with Gasteiger partial charge in [0.05, 0.1) is 0 Å². The summed E-state index contributed by atoms with van der Waals surface area (Å²) in [4.78, 5) is 0. The molecule has 0 spiro atoms. The molecule has 0 saturated carbocycles. The van der Waals surface area contributed by atoms with Crippen LogP contribution in [-0.4, -0.2) is 0 Å². The first-order chi connectivity index (χ1) is 7.67. The van der Waals surface area contributed by atoms with Crippen LogP contribution in [0.4, 0.5) is 0 Å². The van der Waals surface area contributed by atoms with E-state index in [4.69, 9.17) is 0 Å². The second-order valence-electron chi connectivity index (χ2n) is 7.89. The minimum atomic E-state index is 0. The molecule has 0 aromatic carbocycles. The molecule has 0 N–H and O–H groups in total. The van der Waals surface area contributed by atoms with Gasteiger partial charge in [0.1, 0.15) is 0 Å². The summed E-state index contributed by atoms with van der Waals surface area (Å²) < 4.78 is 0. The third-order valence-electron chi connectivity index (χ3n) is 3.37. The third kappa shape index (κ3) is 9.00. The van der Waals surface area contributed by atoms with Gasteiger partial charge in [-0.25, -0.2) is 0 Å². The average Bonchev–Trinajstić information content (AvgIpc) is 1.95. The summed E-state index contributed by atoms with van der Waals surface area (Å²) >= 11 is 0. The molecule has 0 aliphatic rings. The summed E-state index contributed by atoms with van der Waals surface area (Å²) in [6.07, 6.45) is 5.62. The van der Waals surface area contributed by atoms with Gasteiger partial charge in [-0.05, 0) is 54.8 Å². The minimum Gasteiger partial charge on any atom is -0.0776 e. The normalized spacial score (nSPS) is 12.7. The lowest BCUT2D eigenvalue weighted by Gasteiger charge is -2.40. The zero-order valence-corrected chi connectivity index (χ0v) is 13.6. The van der Waals surface area contributed by atoms with Crippen LogP contribution in [0.25, 0.3) is 0 Å². The van der Waals surface area contributed by atoms with E-state index >= 15 is 0 Å². The summed E-state index contributed by atoms with van der Waals surface area (Å²) in [6.45, 7) is 19.1. The molecule has 0 bridgehead atoms. The molecular formula is C18H40. The molecule has 0 rings (SSSR count). The highest BCUT2D eigenvalue weighted by molar-refractivity contribution is 4.84. The van der Waals surface area contributed by atoms with E-state index in [0.29, 0.717) is 5.41 Å². The van der Waals surface area contributed by atoms with Crippen molar-refractivity contribution in [3.8, 4) is 0 Å². The summed E-state index contributed by atoms with van der Waals surface area (Å²) in [6, 6.07) is 0. The largest absolute Gasteiger partial charge is 0.0776 e. The maximum absolute atomic E-state index is 2.38. The highest BCUT2D eigenvalue weighted by atomic mass is 14.4. The Hall–Kier alpha value is 0. The van der Waals surface area contributed by atoms with Gasteiger partial charge in [-0.1, -0.05) is 62.8 Å². The lowest BCUT2D eigenvalue weighted by Crippen LogP contribution is -2.29. The predicted octanol–water partition coefficient (Wildman–Crippen LogP) is 6.79. The average molecular weight is 257 g/mol. The van der Waals surface area contributed by atoms with Gasteiger partial charge in [0.2, 0.25) is 0 Å². The summed E-state index contributed by atoms with van der Waals surface area (Å²) in [7, 11) is 0. The van der Waals surface area contributed by atoms with Crippen molar-refractivity contribution < 1.29 is 0 Å². The summed E-state index contributed by atoms with van der Waals surface area (Å²) in [5.74, 6) is 3.30. The minimum absolute atomic E-state index is 0. The van der Waals surface area contributed by atoms with Gasteiger partial charge in [-0.2, -0.15) is 0 Å². The van der Waals surface area contributed by atoms with Crippen LogP contribution >= 0.6 is 0 Å². The van der Waals surface area contributed by atoms with Gasteiger partial charge in [0.15, 0.2) is 0 Å². The first kappa shape index (κ1) is 20.3. The fraction of sp³-hybridized carbons (Fsp3) is 1.00. The van der Waals surface area contributed by atoms with Crippen molar-refractivity contribution in [1.29, 1.82) is 0 Å². The van der Waals surface area contributed by atoms with Gasteiger partial charge in [-0.15, -0.1) is 0 Å². The molecule has 0 fully saturated rings. The van der Waals surface area contributed by atoms with Crippen LogP contribution in [0.1, 0.15) is 88.5 Å². The fourth-order valence-electron chi connectivity index (χ4n) is 3.96. The van der Waals surface area contributed by atoms with Gasteiger partial charge in [-0.3, -0.25) is 0 Å². The smallest absolute Gasteiger partial charge is 0.0288 e. The standard InChI is InChI=1S/C17H36.CH4/c1-13(2)9-17(10-14(3)4,11-15(5)6)12-16(7)8;/h13-16H,9-12H2,1-8H3;1H4. The molecule has 0 unspecified atom stereocenters. The molecule has 18 heavy (non-hydrogen) atoms. The Morgan fingerprint density at radius 2 is 0.667 bits per heavy atom. The number of hydrogen-bond donors (Lipinski definition) is 0. The van der Waals surface area contributed by atoms with Crippen LogP contribution in [0.3, 0.4) is 0 Å². The molecule has 0 heteroatoms. The first-order valence-electron chi connectivity index (χ1n) is 7.67. The zero-order valence-electron chi connectivity index (χ0n) is 13.6. The van der Waals surface area contributed by atoms with Gasteiger partial charge in [0, 0.05) is 0 Å². The highest BCUT2D eigenvalue weighted by Crippen LogP contribution is 2.44. The van der Waals surface area contributed by atoms with E-state index in [1.54, 1.807) is 0 Å². The Morgan fingerprint density at radius 3 is 0.778 bits per heavy atom. The molecular weight excluding hydrogens is 216 g/mol. The Morgan fingerprint density at radius 1 is 0.500 bits per heavy atom. The van der Waals surface area contributed by atoms with Crippen LogP contribution in [0.5, 0.6) is 0 Å². The molecule has 0 aromatic rings. The summed E-state index contributed by atoms with van der Waals surface area (Å²) in [5.41, 5.74) is 0.588. The second-order valence-corrected chi connectivity index (χ2v) is 7.89. The fourth-order valence-corrected chi connectivity index (χ4v) is 3.96. The van der Waals surface area contributed by atoms with Crippen LogP contribution in [0.2, 0.25) is 0 Å². The van der Waals surface area contributed by atoms with Crippen molar-refractivity contribution >= 4 is 0 Å². The lowest BCUT2D eigenvalue weighted by atomic mass is 9.65. The van der Waals surface area contributed by atoms with Crippen molar-refractivity contribution in [2.45, 2.75) is 88.5 Å². The second kappa shape index (κ2) is 8.99. The summed E-state index contributed by atoms with van der Waals surface area (Å²) in [5, 5.41) is 0. The molecule has 112 valence electrons. The van der Waals surface area contributed by atoms with Crippen LogP contribution in [0, 0.1) is 29.1 Å². The first-order valence-corrected chi connectivity index (χ1v) is 7.67. The molecule has 0 radical (unpaired) electrons. The monoisotopic (exact) mass is 256 g/mol. The van der Waals surface area contributed by atoms with E-state index in [2.05, 4.69) is 55.4 Å². The van der Waals surface area contributed by atoms with E-state index in [-0.39, 0.29) is 7.43 Å². The number of rotatable bonds is 8. The van der Waals surface area contributed by atoms with Gasteiger partial charge >= 0.3 is 0 Å². The molecule has 0 aliphatic carbocycles. The molecule has 0 aliphatic heterocycles. The number of hydrogen-bond acceptors (Lipinski definition) is 0. The molecule has 0 heterocycles. The van der Waals surface area contributed by atoms with Crippen molar-refractivity contribution in [1.82, 2.24) is 0 Å². The van der Waals surface area contributed by atoms with Gasteiger partial charge < -0.3 is 0 Å². The van der Waals surface area contributed by atoms with E-state index in [1.807, 2.05) is 0 Å². The van der Waals surface area contributed by atoms with Crippen LogP contribution in [0.15, 0.2) is 0 Å². The quantitative estimate of drug-likeness (QED) is 0.448. The Bertz CT molecular complexity index is 141. The Kier molecular flexibility index (Phi) is 10.2. The molecule has 0 nitrogen and oxygen atoms in total. The molecule has 0 saturated heterocycles. The topological polar surface area (TPSA) is 0 Å². The maximum Gasteiger partial charge on any atom is -0.0288 e. The van der Waals surface area contributed by atoms with Crippen LogP contribution < -0.4 is 0 Å². The van der Waals surface area contributed by atoms with Crippen molar-refractivity contribution in [3.63, 3.8) is 0 Å². The lowest BCUT2D eigenvalue weighted by molar-refractivity contribution is 0.111. The zero-order chi connectivity index (χ0) is 13.6. The van der Waals surface area contributed by atoms with Gasteiger partial charge in [0.25, 0.3) is 0 Å². The van der Waals surface area contributed by atoms with Crippen molar-refractivity contribution in [2.24, 2.45) is 29.1 Å². The van der Waals surface area contributed by atoms with Crippen LogP contribution in [-0.2, 0) is 0 Å². The van der Waals surface area contributed by atoms with E-state index in [0.717, 1.165) is 23.7 Å². The molecule has 0 amide bonds. The van der Waals surface area contributed by atoms with Crippen molar-refractivity contribution in [3.05, 3.63) is 0 Å². The van der Waals surface area contributed by atoms with Crippen molar-refractivity contribution in [2.75, 3.05) is 0 Å². The van der Waals surface area contributed by atoms with E-state index < -0.39 is 0 Å². The SMILES string of the molecule is C.CC(C)CC(CC(C)C)(CC(C)C)CC(C)C. The predicted molar refractivity (Wildman–Crippen MR) is 87.0 cm³/mol. The van der Waals surface area contributed by atoms with E-state index in [1.165, 1.54) is 25.7 Å². The molecule has 0 atom stereocenters. The Labute approximate surface area is 118 Å². The third-order valence-corrected chi connectivity index (χ3v) is 3.37. The molecule has 0 aromatic heterocycles.